The van der Waals surface area contributed by atoms with Crippen LogP contribution in [0.5, 0.6) is 0 Å². The van der Waals surface area contributed by atoms with E-state index in [0.29, 0.717) is 55.5 Å². The number of hydrogen-bond acceptors (Lipinski definition) is 8. The van der Waals surface area contributed by atoms with E-state index in [-0.39, 0.29) is 22.4 Å². The molecule has 1 amide bonds. The normalized spacial score (nSPS) is 19.6. The Hall–Kier alpha value is -3.56. The minimum Gasteiger partial charge on any atom is -0.362 e. The number of nitro benzene ring substituents is 1. The third-order valence-electron chi connectivity index (χ3n) is 5.18. The van der Waals surface area contributed by atoms with Crippen molar-refractivity contribution in [2.24, 2.45) is 11.0 Å². The van der Waals surface area contributed by atoms with Gasteiger partial charge in [-0.3, -0.25) is 14.9 Å². The van der Waals surface area contributed by atoms with Gasteiger partial charge in [0.1, 0.15) is 5.69 Å². The van der Waals surface area contributed by atoms with E-state index in [1.54, 1.807) is 30.6 Å². The predicted molar refractivity (Wildman–Crippen MR) is 108 cm³/mol. The molecule has 2 aliphatic rings. The number of carbonyl (C=O) groups excluding carboxylic acids is 1. The van der Waals surface area contributed by atoms with E-state index in [2.05, 4.69) is 25.4 Å². The number of hydrazone groups is 1. The minimum absolute atomic E-state index is 0.0405. The molecular weight excluding hydrogens is 374 g/mol. The molecule has 2 aromatic rings. The maximum absolute atomic E-state index is 11.8. The summed E-state index contributed by atoms with van der Waals surface area (Å²) in [6, 6.07) is 6.93. The van der Waals surface area contributed by atoms with E-state index in [0.717, 1.165) is 0 Å². The zero-order chi connectivity index (χ0) is 20.4. The highest BCUT2D eigenvalue weighted by molar-refractivity contribution is 6.06. The van der Waals surface area contributed by atoms with E-state index < -0.39 is 0 Å². The highest BCUT2D eigenvalue weighted by atomic mass is 16.6. The maximum atomic E-state index is 11.8. The number of nitrogens with zero attached hydrogens (tertiary/aromatic N) is 6. The third-order valence-corrected chi connectivity index (χ3v) is 5.18. The van der Waals surface area contributed by atoms with Crippen molar-refractivity contribution in [1.82, 2.24) is 15.4 Å². The van der Waals surface area contributed by atoms with Crippen molar-refractivity contribution in [2.45, 2.75) is 13.3 Å². The van der Waals surface area contributed by atoms with Crippen LogP contribution in [0.1, 0.15) is 18.9 Å². The van der Waals surface area contributed by atoms with Gasteiger partial charge in [0, 0.05) is 62.5 Å². The second-order valence-electron chi connectivity index (χ2n) is 7.12. The Labute approximate surface area is 167 Å². The van der Waals surface area contributed by atoms with Crippen LogP contribution in [0.15, 0.2) is 41.8 Å². The van der Waals surface area contributed by atoms with Crippen molar-refractivity contribution < 1.29 is 9.72 Å². The van der Waals surface area contributed by atoms with Gasteiger partial charge in [-0.15, -0.1) is 0 Å². The molecule has 1 atom stereocenters. The van der Waals surface area contributed by atoms with Gasteiger partial charge in [-0.05, 0) is 12.1 Å². The van der Waals surface area contributed by atoms with Crippen molar-refractivity contribution in [2.75, 3.05) is 36.0 Å². The monoisotopic (exact) mass is 395 g/mol. The standard InChI is InChI=1S/C19H21N7O3/c1-13-11-17(27)22-23-18(13)14-3-4-15(16(12-14)26(28)29)24-7-9-25(10-8-24)19-20-5-2-6-21-19/h2-6,12-13H,7-11H2,1H3,(H,22,27). The van der Waals surface area contributed by atoms with Gasteiger partial charge in [0.15, 0.2) is 0 Å². The largest absolute Gasteiger partial charge is 0.362 e. The SMILES string of the molecule is CC1CC(=O)NN=C1c1ccc(N2CCN(c3ncccn3)CC2)c([N+](=O)[O-])c1. The van der Waals surface area contributed by atoms with Crippen molar-refractivity contribution >= 4 is 28.9 Å². The molecule has 4 rings (SSSR count). The van der Waals surface area contributed by atoms with Gasteiger partial charge >= 0.3 is 0 Å². The molecule has 1 unspecified atom stereocenters. The third kappa shape index (κ3) is 3.86. The molecule has 29 heavy (non-hydrogen) atoms. The molecule has 0 radical (unpaired) electrons. The summed E-state index contributed by atoms with van der Waals surface area (Å²) in [6.45, 7) is 4.51. The van der Waals surface area contributed by atoms with Gasteiger partial charge in [-0.25, -0.2) is 15.4 Å². The lowest BCUT2D eigenvalue weighted by molar-refractivity contribution is -0.384. The molecular formula is C19H21N7O3. The van der Waals surface area contributed by atoms with E-state index in [1.807, 2.05) is 17.9 Å². The first-order valence-electron chi connectivity index (χ1n) is 9.45. The Morgan fingerprint density at radius 3 is 2.48 bits per heavy atom. The zero-order valence-corrected chi connectivity index (χ0v) is 16.0. The Morgan fingerprint density at radius 1 is 1.14 bits per heavy atom. The number of benzene rings is 1. The highest BCUT2D eigenvalue weighted by Crippen LogP contribution is 2.32. The van der Waals surface area contributed by atoms with Gasteiger partial charge in [0.25, 0.3) is 5.69 Å². The van der Waals surface area contributed by atoms with Gasteiger partial charge in [0.2, 0.25) is 11.9 Å². The van der Waals surface area contributed by atoms with Gasteiger partial charge in [-0.2, -0.15) is 5.10 Å². The highest BCUT2D eigenvalue weighted by Gasteiger charge is 2.28. The van der Waals surface area contributed by atoms with Crippen LogP contribution < -0.4 is 15.2 Å². The Balaban J connectivity index is 1.55. The zero-order valence-electron chi connectivity index (χ0n) is 16.0. The van der Waals surface area contributed by atoms with Gasteiger partial charge < -0.3 is 9.80 Å². The molecule has 1 fully saturated rings. The van der Waals surface area contributed by atoms with E-state index in [9.17, 15) is 14.9 Å². The fourth-order valence-electron chi connectivity index (χ4n) is 3.70. The van der Waals surface area contributed by atoms with Crippen LogP contribution in [0.2, 0.25) is 0 Å². The van der Waals surface area contributed by atoms with Crippen LogP contribution in [-0.2, 0) is 4.79 Å². The molecule has 150 valence electrons. The van der Waals surface area contributed by atoms with Crippen molar-refractivity contribution in [1.29, 1.82) is 0 Å². The lowest BCUT2D eigenvalue weighted by atomic mass is 9.93. The first-order valence-corrected chi connectivity index (χ1v) is 9.45. The van der Waals surface area contributed by atoms with Crippen LogP contribution in [0, 0.1) is 16.0 Å². The number of carbonyl (C=O) groups is 1. The lowest BCUT2D eigenvalue weighted by Crippen LogP contribution is -2.47. The van der Waals surface area contributed by atoms with E-state index in [1.165, 1.54) is 0 Å². The molecule has 0 bridgehead atoms. The molecule has 0 spiro atoms. The summed E-state index contributed by atoms with van der Waals surface area (Å²) in [6.07, 6.45) is 3.73. The quantitative estimate of drug-likeness (QED) is 0.617. The number of anilines is 2. The summed E-state index contributed by atoms with van der Waals surface area (Å²) < 4.78 is 0. The summed E-state index contributed by atoms with van der Waals surface area (Å²) >= 11 is 0. The fraction of sp³-hybridized carbons (Fsp3) is 0.368. The number of rotatable bonds is 4. The fourth-order valence-corrected chi connectivity index (χ4v) is 3.70. The second kappa shape index (κ2) is 7.82. The Kier molecular flexibility index (Phi) is 5.07. The van der Waals surface area contributed by atoms with Crippen LogP contribution in [0.4, 0.5) is 17.3 Å². The van der Waals surface area contributed by atoms with Crippen LogP contribution in [0.3, 0.4) is 0 Å². The van der Waals surface area contributed by atoms with Crippen molar-refractivity contribution in [3.63, 3.8) is 0 Å². The lowest BCUT2D eigenvalue weighted by Gasteiger charge is -2.35. The van der Waals surface area contributed by atoms with E-state index >= 15 is 0 Å². The number of amides is 1. The molecule has 2 aliphatic heterocycles. The first-order chi connectivity index (χ1) is 14.0. The number of aromatic nitrogens is 2. The van der Waals surface area contributed by atoms with Crippen LogP contribution >= 0.6 is 0 Å². The molecule has 1 aromatic carbocycles. The molecule has 3 heterocycles. The molecule has 0 saturated carbocycles. The Bertz CT molecular complexity index is 956. The maximum Gasteiger partial charge on any atom is 0.293 e. The number of hydrogen-bond donors (Lipinski definition) is 1. The smallest absolute Gasteiger partial charge is 0.293 e. The minimum atomic E-state index is -0.363. The van der Waals surface area contributed by atoms with Crippen LogP contribution in [-0.4, -0.2) is 52.7 Å². The summed E-state index contributed by atoms with van der Waals surface area (Å²) in [5.41, 5.74) is 4.40. The van der Waals surface area contributed by atoms with E-state index in [4.69, 9.17) is 0 Å². The number of piperazine rings is 1. The van der Waals surface area contributed by atoms with Crippen LogP contribution in [0.25, 0.3) is 0 Å². The molecule has 10 nitrogen and oxygen atoms in total. The van der Waals surface area contributed by atoms with Gasteiger partial charge in [0.05, 0.1) is 10.6 Å². The molecule has 1 saturated heterocycles. The van der Waals surface area contributed by atoms with Crippen molar-refractivity contribution in [3.05, 3.63) is 52.3 Å². The molecule has 10 heteroatoms. The van der Waals surface area contributed by atoms with Gasteiger partial charge in [-0.1, -0.05) is 13.0 Å². The van der Waals surface area contributed by atoms with Crippen molar-refractivity contribution in [3.8, 4) is 0 Å². The summed E-state index contributed by atoms with van der Waals surface area (Å²) in [4.78, 5) is 35.5. The molecule has 0 aliphatic carbocycles. The summed E-state index contributed by atoms with van der Waals surface area (Å²) in [5, 5.41) is 15.9. The number of nitrogens with one attached hydrogen (secondary N) is 1. The summed E-state index contributed by atoms with van der Waals surface area (Å²) in [5.74, 6) is 0.430. The predicted octanol–water partition coefficient (Wildman–Crippen LogP) is 1.57. The molecule has 1 aromatic heterocycles. The molecule has 1 N–H and O–H groups in total. The topological polar surface area (TPSA) is 117 Å². The Morgan fingerprint density at radius 2 is 1.83 bits per heavy atom. The average molecular weight is 395 g/mol. The number of nitro groups is 1. The average Bonchev–Trinajstić information content (AvgIpc) is 2.74. The first kappa shape index (κ1) is 18.8. The summed E-state index contributed by atoms with van der Waals surface area (Å²) in [7, 11) is 0. The second-order valence-corrected chi connectivity index (χ2v) is 7.12.